The van der Waals surface area contributed by atoms with Crippen molar-refractivity contribution in [3.63, 3.8) is 0 Å². The monoisotopic (exact) mass is 347 g/mol. The van der Waals surface area contributed by atoms with Crippen molar-refractivity contribution in [1.29, 1.82) is 0 Å². The van der Waals surface area contributed by atoms with E-state index in [1.807, 2.05) is 36.7 Å². The Labute approximate surface area is 151 Å². The molecule has 0 saturated heterocycles. The molecule has 0 aliphatic heterocycles. The summed E-state index contributed by atoms with van der Waals surface area (Å²) in [5.74, 6) is 0.464. The van der Waals surface area contributed by atoms with Gasteiger partial charge in [-0.1, -0.05) is 30.3 Å². The average Bonchev–Trinajstić information content (AvgIpc) is 3.06. The predicted molar refractivity (Wildman–Crippen MR) is 105 cm³/mol. The number of aromatic nitrogens is 3. The third-order valence-electron chi connectivity index (χ3n) is 4.45. The lowest BCUT2D eigenvalue weighted by Gasteiger charge is -2.10. The molecule has 0 amide bonds. The molecule has 0 radical (unpaired) electrons. The standard InChI is InChI=1S/C20H21N5O/c1-13(26)23-15-8-6-14(7-9-15)10-11-25-12-22-18-19(25)16-4-2-3-5-17(16)24-20(18)21/h2-9,12-13,23,26H,10-11H2,1H3,(H2,21,24). The highest BCUT2D eigenvalue weighted by molar-refractivity contribution is 6.06. The fourth-order valence-corrected chi connectivity index (χ4v) is 3.23. The molecule has 0 saturated carbocycles. The van der Waals surface area contributed by atoms with Gasteiger partial charge in [0.25, 0.3) is 0 Å². The zero-order chi connectivity index (χ0) is 18.1. The quantitative estimate of drug-likeness (QED) is 0.483. The Hall–Kier alpha value is -3.12. The van der Waals surface area contributed by atoms with E-state index in [1.54, 1.807) is 6.92 Å². The zero-order valence-electron chi connectivity index (χ0n) is 14.6. The first-order valence-electron chi connectivity index (χ1n) is 8.64. The highest BCUT2D eigenvalue weighted by Gasteiger charge is 2.12. The number of hydrogen-bond donors (Lipinski definition) is 3. The van der Waals surface area contributed by atoms with Crippen LogP contribution < -0.4 is 11.1 Å². The van der Waals surface area contributed by atoms with Crippen LogP contribution in [-0.2, 0) is 13.0 Å². The topological polar surface area (TPSA) is 89.0 Å². The number of aliphatic hydroxyl groups excluding tert-OH is 1. The molecule has 2 aromatic heterocycles. The highest BCUT2D eigenvalue weighted by atomic mass is 16.3. The summed E-state index contributed by atoms with van der Waals surface area (Å²) >= 11 is 0. The zero-order valence-corrected chi connectivity index (χ0v) is 14.6. The van der Waals surface area contributed by atoms with Crippen molar-refractivity contribution in [3.05, 3.63) is 60.4 Å². The first kappa shape index (κ1) is 16.4. The number of aryl methyl sites for hydroxylation is 2. The molecule has 1 unspecified atom stereocenters. The number of nitrogens with two attached hydrogens (primary N) is 1. The van der Waals surface area contributed by atoms with Crippen molar-refractivity contribution in [2.75, 3.05) is 11.1 Å². The van der Waals surface area contributed by atoms with Crippen LogP contribution >= 0.6 is 0 Å². The molecule has 2 aromatic carbocycles. The summed E-state index contributed by atoms with van der Waals surface area (Å²) in [4.78, 5) is 8.91. The van der Waals surface area contributed by atoms with Crippen molar-refractivity contribution in [2.45, 2.75) is 26.1 Å². The lowest BCUT2D eigenvalue weighted by molar-refractivity contribution is 0.224. The Morgan fingerprint density at radius 2 is 1.92 bits per heavy atom. The van der Waals surface area contributed by atoms with E-state index >= 15 is 0 Å². The molecule has 0 spiro atoms. The van der Waals surface area contributed by atoms with Crippen LogP contribution in [0.5, 0.6) is 0 Å². The van der Waals surface area contributed by atoms with Gasteiger partial charge in [0, 0.05) is 17.6 Å². The van der Waals surface area contributed by atoms with E-state index in [0.717, 1.165) is 40.6 Å². The largest absolute Gasteiger partial charge is 0.382 e. The molecule has 4 aromatic rings. The molecule has 132 valence electrons. The number of pyridine rings is 1. The van der Waals surface area contributed by atoms with Crippen LogP contribution in [0, 0.1) is 0 Å². The van der Waals surface area contributed by atoms with Gasteiger partial charge in [-0.05, 0) is 37.1 Å². The SMILES string of the molecule is CC(O)Nc1ccc(CCn2cnc3c(N)nc4ccccc4c32)cc1. The summed E-state index contributed by atoms with van der Waals surface area (Å²) < 4.78 is 2.14. The molecular weight excluding hydrogens is 326 g/mol. The number of anilines is 2. The minimum Gasteiger partial charge on any atom is -0.382 e. The van der Waals surface area contributed by atoms with E-state index in [-0.39, 0.29) is 0 Å². The number of fused-ring (bicyclic) bond motifs is 3. The normalized spacial score (nSPS) is 12.5. The van der Waals surface area contributed by atoms with Crippen LogP contribution in [0.15, 0.2) is 54.9 Å². The van der Waals surface area contributed by atoms with E-state index in [4.69, 9.17) is 5.73 Å². The third-order valence-corrected chi connectivity index (χ3v) is 4.45. The van der Waals surface area contributed by atoms with Gasteiger partial charge in [-0.15, -0.1) is 0 Å². The second-order valence-corrected chi connectivity index (χ2v) is 6.42. The molecule has 6 heteroatoms. The summed E-state index contributed by atoms with van der Waals surface area (Å²) in [6, 6.07) is 16.1. The fraction of sp³-hybridized carbons (Fsp3) is 0.200. The van der Waals surface area contributed by atoms with Crippen LogP contribution in [0.2, 0.25) is 0 Å². The lowest BCUT2D eigenvalue weighted by atomic mass is 10.1. The Kier molecular flexibility index (Phi) is 4.18. The summed E-state index contributed by atoms with van der Waals surface area (Å²) in [5.41, 5.74) is 10.9. The summed E-state index contributed by atoms with van der Waals surface area (Å²) in [6.07, 6.45) is 2.14. The van der Waals surface area contributed by atoms with Gasteiger partial charge < -0.3 is 20.7 Å². The molecule has 6 nitrogen and oxygen atoms in total. The Balaban J connectivity index is 1.62. The van der Waals surface area contributed by atoms with Gasteiger partial charge in [-0.3, -0.25) is 0 Å². The molecule has 1 atom stereocenters. The minimum atomic E-state index is -0.564. The maximum absolute atomic E-state index is 9.38. The molecule has 0 fully saturated rings. The second-order valence-electron chi connectivity index (χ2n) is 6.42. The second kappa shape index (κ2) is 6.65. The Morgan fingerprint density at radius 3 is 2.69 bits per heavy atom. The Morgan fingerprint density at radius 1 is 1.15 bits per heavy atom. The molecule has 2 heterocycles. The summed E-state index contributed by atoms with van der Waals surface area (Å²) in [7, 11) is 0. The van der Waals surface area contributed by atoms with Gasteiger partial charge in [0.05, 0.1) is 17.4 Å². The number of nitrogens with one attached hydrogen (secondary N) is 1. The average molecular weight is 347 g/mol. The molecule has 26 heavy (non-hydrogen) atoms. The molecular formula is C20H21N5O. The molecule has 0 aliphatic carbocycles. The number of benzene rings is 2. The number of nitrogen functional groups attached to an aromatic ring is 1. The van der Waals surface area contributed by atoms with Gasteiger partial charge >= 0.3 is 0 Å². The fourth-order valence-electron chi connectivity index (χ4n) is 3.23. The van der Waals surface area contributed by atoms with E-state index in [2.05, 4.69) is 38.1 Å². The van der Waals surface area contributed by atoms with Crippen LogP contribution in [0.1, 0.15) is 12.5 Å². The van der Waals surface area contributed by atoms with Crippen molar-refractivity contribution in [3.8, 4) is 0 Å². The van der Waals surface area contributed by atoms with Crippen molar-refractivity contribution in [2.24, 2.45) is 0 Å². The van der Waals surface area contributed by atoms with Crippen LogP contribution in [0.25, 0.3) is 21.9 Å². The van der Waals surface area contributed by atoms with Crippen LogP contribution in [-0.4, -0.2) is 25.9 Å². The van der Waals surface area contributed by atoms with Gasteiger partial charge in [0.1, 0.15) is 11.7 Å². The minimum absolute atomic E-state index is 0.464. The van der Waals surface area contributed by atoms with Gasteiger partial charge in [-0.2, -0.15) is 0 Å². The van der Waals surface area contributed by atoms with E-state index in [9.17, 15) is 5.11 Å². The number of para-hydroxylation sites is 1. The number of rotatable bonds is 5. The van der Waals surface area contributed by atoms with Crippen LogP contribution in [0.3, 0.4) is 0 Å². The van der Waals surface area contributed by atoms with Crippen LogP contribution in [0.4, 0.5) is 11.5 Å². The van der Waals surface area contributed by atoms with Crippen molar-refractivity contribution in [1.82, 2.24) is 14.5 Å². The molecule has 0 bridgehead atoms. The molecule has 0 aliphatic rings. The lowest BCUT2D eigenvalue weighted by Crippen LogP contribution is -2.13. The van der Waals surface area contributed by atoms with E-state index < -0.39 is 6.23 Å². The first-order chi connectivity index (χ1) is 12.6. The maximum Gasteiger partial charge on any atom is 0.152 e. The van der Waals surface area contributed by atoms with E-state index in [1.165, 1.54) is 5.56 Å². The number of nitrogens with zero attached hydrogens (tertiary/aromatic N) is 3. The smallest absolute Gasteiger partial charge is 0.152 e. The third kappa shape index (κ3) is 3.07. The number of imidazole rings is 1. The summed E-state index contributed by atoms with van der Waals surface area (Å²) in [6.45, 7) is 2.50. The molecule has 4 N–H and O–H groups in total. The molecule has 4 rings (SSSR count). The van der Waals surface area contributed by atoms with Crippen molar-refractivity contribution >= 4 is 33.4 Å². The van der Waals surface area contributed by atoms with Crippen molar-refractivity contribution < 1.29 is 5.11 Å². The number of aliphatic hydroxyl groups is 1. The van der Waals surface area contributed by atoms with Gasteiger partial charge in [-0.25, -0.2) is 9.97 Å². The number of hydrogen-bond acceptors (Lipinski definition) is 5. The predicted octanol–water partition coefficient (Wildman–Crippen LogP) is 3.16. The van der Waals surface area contributed by atoms with Gasteiger partial charge in [0.15, 0.2) is 5.82 Å². The summed E-state index contributed by atoms with van der Waals surface area (Å²) in [5, 5.41) is 13.4. The maximum atomic E-state index is 9.38. The Bertz CT molecular complexity index is 1050. The highest BCUT2D eigenvalue weighted by Crippen LogP contribution is 2.27. The van der Waals surface area contributed by atoms with E-state index in [0.29, 0.717) is 5.82 Å². The first-order valence-corrected chi connectivity index (χ1v) is 8.64. The van der Waals surface area contributed by atoms with Gasteiger partial charge in [0.2, 0.25) is 0 Å².